The number of alkyl halides is 3. The van der Waals surface area contributed by atoms with Gasteiger partial charge in [0.25, 0.3) is 0 Å². The molecule has 0 aliphatic heterocycles. The summed E-state index contributed by atoms with van der Waals surface area (Å²) in [4.78, 5) is 3.39. The Morgan fingerprint density at radius 3 is 2.45 bits per heavy atom. The summed E-state index contributed by atoms with van der Waals surface area (Å²) in [6.07, 6.45) is -3.53. The molecule has 1 rings (SSSR count). The van der Waals surface area contributed by atoms with Crippen LogP contribution in [0.4, 0.5) is 13.2 Å². The van der Waals surface area contributed by atoms with Gasteiger partial charge in [-0.2, -0.15) is 13.2 Å². The Kier molecular flexibility index (Phi) is 8.09. The highest BCUT2D eigenvalue weighted by Crippen LogP contribution is 2.18. The SMILES string of the molecule is CNC(C)CNS(=O)(=O)c1ccc(OCC(F)(F)F)nc1.Cl. The Labute approximate surface area is 132 Å². The molecule has 1 aromatic heterocycles. The second-order valence-electron chi connectivity index (χ2n) is 4.28. The van der Waals surface area contributed by atoms with Crippen molar-refractivity contribution < 1.29 is 26.3 Å². The van der Waals surface area contributed by atoms with Crippen molar-refractivity contribution in [3.05, 3.63) is 18.3 Å². The van der Waals surface area contributed by atoms with Gasteiger partial charge in [0, 0.05) is 18.7 Å². The first-order chi connectivity index (χ1) is 9.64. The molecule has 128 valence electrons. The Morgan fingerprint density at radius 1 is 1.36 bits per heavy atom. The zero-order chi connectivity index (χ0) is 16.1. The van der Waals surface area contributed by atoms with Crippen LogP contribution in [0.3, 0.4) is 0 Å². The summed E-state index contributed by atoms with van der Waals surface area (Å²) >= 11 is 0. The first kappa shape index (κ1) is 20.9. The summed E-state index contributed by atoms with van der Waals surface area (Å²) in [6, 6.07) is 2.13. The number of pyridine rings is 1. The van der Waals surface area contributed by atoms with E-state index in [0.29, 0.717) is 0 Å². The minimum atomic E-state index is -4.47. The van der Waals surface area contributed by atoms with Crippen molar-refractivity contribution in [3.8, 4) is 5.88 Å². The number of sulfonamides is 1. The van der Waals surface area contributed by atoms with Gasteiger partial charge in [-0.25, -0.2) is 18.1 Å². The molecule has 22 heavy (non-hydrogen) atoms. The quantitative estimate of drug-likeness (QED) is 0.764. The number of hydrogen-bond donors (Lipinski definition) is 2. The van der Waals surface area contributed by atoms with E-state index in [4.69, 9.17) is 0 Å². The number of likely N-dealkylation sites (N-methyl/N-ethyl adjacent to an activating group) is 1. The molecule has 0 saturated heterocycles. The highest BCUT2D eigenvalue weighted by Gasteiger charge is 2.28. The van der Waals surface area contributed by atoms with Crippen LogP contribution < -0.4 is 14.8 Å². The summed E-state index contributed by atoms with van der Waals surface area (Å²) in [7, 11) is -2.07. The van der Waals surface area contributed by atoms with E-state index in [0.717, 1.165) is 18.3 Å². The number of rotatable bonds is 7. The molecular weight excluding hydrogens is 347 g/mol. The molecule has 0 aliphatic carbocycles. The highest BCUT2D eigenvalue weighted by molar-refractivity contribution is 7.89. The lowest BCUT2D eigenvalue weighted by molar-refractivity contribution is -0.154. The summed E-state index contributed by atoms with van der Waals surface area (Å²) in [5.41, 5.74) is 0. The standard InChI is InChI=1S/C11H16F3N3O3S.ClH/c1-8(15-2)5-17-21(18,19)9-3-4-10(16-6-9)20-7-11(12,13)14;/h3-4,6,8,15,17H,5,7H2,1-2H3;1H. The molecule has 6 nitrogen and oxygen atoms in total. The average Bonchev–Trinajstić information content (AvgIpc) is 2.42. The molecule has 0 radical (unpaired) electrons. The lowest BCUT2D eigenvalue weighted by atomic mass is 10.4. The van der Waals surface area contributed by atoms with Crippen LogP contribution in [0.2, 0.25) is 0 Å². The van der Waals surface area contributed by atoms with Gasteiger partial charge in [0.05, 0.1) is 6.20 Å². The molecule has 1 heterocycles. The van der Waals surface area contributed by atoms with Gasteiger partial charge in [0.2, 0.25) is 15.9 Å². The van der Waals surface area contributed by atoms with Crippen LogP contribution >= 0.6 is 12.4 Å². The van der Waals surface area contributed by atoms with Gasteiger partial charge >= 0.3 is 6.18 Å². The van der Waals surface area contributed by atoms with Crippen molar-refractivity contribution in [2.24, 2.45) is 0 Å². The average molecular weight is 364 g/mol. The Balaban J connectivity index is 0.00000441. The van der Waals surface area contributed by atoms with Crippen LogP contribution in [0.15, 0.2) is 23.2 Å². The fraction of sp³-hybridized carbons (Fsp3) is 0.545. The van der Waals surface area contributed by atoms with Crippen molar-refractivity contribution in [2.75, 3.05) is 20.2 Å². The predicted octanol–water partition coefficient (Wildman–Crippen LogP) is 1.33. The van der Waals surface area contributed by atoms with E-state index >= 15 is 0 Å². The smallest absolute Gasteiger partial charge is 0.422 e. The zero-order valence-electron chi connectivity index (χ0n) is 11.8. The monoisotopic (exact) mass is 363 g/mol. The largest absolute Gasteiger partial charge is 0.468 e. The lowest BCUT2D eigenvalue weighted by Crippen LogP contribution is -2.37. The minimum absolute atomic E-state index is 0. The van der Waals surface area contributed by atoms with Crippen LogP contribution in [0, 0.1) is 0 Å². The van der Waals surface area contributed by atoms with Gasteiger partial charge in [-0.05, 0) is 20.0 Å². The maximum atomic E-state index is 12.0. The maximum Gasteiger partial charge on any atom is 0.422 e. The van der Waals surface area contributed by atoms with Crippen molar-refractivity contribution in [1.82, 2.24) is 15.0 Å². The van der Waals surface area contributed by atoms with Gasteiger partial charge < -0.3 is 10.1 Å². The van der Waals surface area contributed by atoms with Gasteiger partial charge in [-0.1, -0.05) is 0 Å². The van der Waals surface area contributed by atoms with Crippen LogP contribution in [-0.4, -0.2) is 45.8 Å². The molecule has 0 amide bonds. The first-order valence-corrected chi connectivity index (χ1v) is 7.45. The van der Waals surface area contributed by atoms with Gasteiger partial charge in [0.15, 0.2) is 6.61 Å². The number of nitrogens with one attached hydrogen (secondary N) is 2. The zero-order valence-corrected chi connectivity index (χ0v) is 13.5. The molecule has 0 spiro atoms. The van der Waals surface area contributed by atoms with Crippen LogP contribution in [-0.2, 0) is 10.0 Å². The predicted molar refractivity (Wildman–Crippen MR) is 76.7 cm³/mol. The number of hydrogen-bond acceptors (Lipinski definition) is 5. The first-order valence-electron chi connectivity index (χ1n) is 5.96. The van der Waals surface area contributed by atoms with E-state index in [-0.39, 0.29) is 35.8 Å². The topological polar surface area (TPSA) is 80.3 Å². The molecule has 1 atom stereocenters. The molecule has 1 unspecified atom stereocenters. The number of nitrogens with zero attached hydrogens (tertiary/aromatic N) is 1. The molecule has 0 aliphatic rings. The third kappa shape index (κ3) is 7.25. The second kappa shape index (κ2) is 8.51. The third-order valence-electron chi connectivity index (χ3n) is 2.48. The van der Waals surface area contributed by atoms with Crippen molar-refractivity contribution >= 4 is 22.4 Å². The van der Waals surface area contributed by atoms with Crippen LogP contribution in [0.25, 0.3) is 0 Å². The molecule has 1 aromatic rings. The number of aromatic nitrogens is 1. The van der Waals surface area contributed by atoms with E-state index in [1.165, 1.54) is 0 Å². The minimum Gasteiger partial charge on any atom is -0.468 e. The van der Waals surface area contributed by atoms with Gasteiger partial charge in [0.1, 0.15) is 4.90 Å². The molecular formula is C11H17ClF3N3O3S. The van der Waals surface area contributed by atoms with Gasteiger partial charge in [-0.15, -0.1) is 12.4 Å². The van der Waals surface area contributed by atoms with Crippen LogP contribution in [0.1, 0.15) is 6.92 Å². The van der Waals surface area contributed by atoms with Crippen molar-refractivity contribution in [3.63, 3.8) is 0 Å². The highest BCUT2D eigenvalue weighted by atomic mass is 35.5. The van der Waals surface area contributed by atoms with E-state index in [1.54, 1.807) is 14.0 Å². The molecule has 0 aromatic carbocycles. The molecule has 2 N–H and O–H groups in total. The van der Waals surface area contributed by atoms with Crippen molar-refractivity contribution in [1.29, 1.82) is 0 Å². The third-order valence-corrected chi connectivity index (χ3v) is 3.88. The van der Waals surface area contributed by atoms with Gasteiger partial charge in [-0.3, -0.25) is 0 Å². The van der Waals surface area contributed by atoms with E-state index in [1.807, 2.05) is 0 Å². The molecule has 0 bridgehead atoms. The van der Waals surface area contributed by atoms with E-state index in [9.17, 15) is 21.6 Å². The van der Waals surface area contributed by atoms with E-state index < -0.39 is 22.8 Å². The Hall–Kier alpha value is -1.10. The summed E-state index contributed by atoms with van der Waals surface area (Å²) in [5.74, 6) is -0.296. The molecule has 0 fully saturated rings. The second-order valence-corrected chi connectivity index (χ2v) is 6.04. The normalized spacial score (nSPS) is 13.3. The summed E-state index contributed by atoms with van der Waals surface area (Å²) in [6.45, 7) is 0.476. The van der Waals surface area contributed by atoms with Crippen LogP contribution in [0.5, 0.6) is 5.88 Å². The number of halogens is 4. The summed E-state index contributed by atoms with van der Waals surface area (Å²) in [5, 5.41) is 2.86. The fourth-order valence-electron chi connectivity index (χ4n) is 1.19. The Bertz CT molecular complexity index is 552. The maximum absolute atomic E-state index is 12.0. The van der Waals surface area contributed by atoms with Crippen molar-refractivity contribution in [2.45, 2.75) is 24.0 Å². The summed E-state index contributed by atoms with van der Waals surface area (Å²) < 4.78 is 66.4. The number of ether oxygens (including phenoxy) is 1. The lowest BCUT2D eigenvalue weighted by Gasteiger charge is -2.12. The Morgan fingerprint density at radius 2 is 2.00 bits per heavy atom. The fourth-order valence-corrected chi connectivity index (χ4v) is 2.26. The molecule has 11 heteroatoms. The van der Waals surface area contributed by atoms with E-state index in [2.05, 4.69) is 19.8 Å². The molecule has 0 saturated carbocycles.